The number of piperidine rings is 1. The van der Waals surface area contributed by atoms with Gasteiger partial charge in [-0.2, -0.15) is 0 Å². The van der Waals surface area contributed by atoms with Gasteiger partial charge < -0.3 is 10.6 Å². The van der Waals surface area contributed by atoms with Gasteiger partial charge in [-0.25, -0.2) is 8.78 Å². The molecule has 2 fully saturated rings. The van der Waals surface area contributed by atoms with Crippen molar-refractivity contribution in [3.8, 4) is 0 Å². The summed E-state index contributed by atoms with van der Waals surface area (Å²) in [4.78, 5) is 11.2. The van der Waals surface area contributed by atoms with E-state index in [1.165, 1.54) is 0 Å². The van der Waals surface area contributed by atoms with Crippen molar-refractivity contribution in [3.63, 3.8) is 0 Å². The molecule has 74 valence electrons. The normalized spacial score (nSPS) is 36.1. The van der Waals surface area contributed by atoms with Gasteiger partial charge in [0.25, 0.3) is 6.43 Å². The molecule has 1 saturated carbocycles. The van der Waals surface area contributed by atoms with Gasteiger partial charge >= 0.3 is 0 Å². The van der Waals surface area contributed by atoms with E-state index in [0.717, 1.165) is 12.8 Å². The van der Waals surface area contributed by atoms with Gasteiger partial charge in [-0.05, 0) is 18.8 Å². The Hall–Kier alpha value is -0.710. The highest BCUT2D eigenvalue weighted by atomic mass is 19.3. The minimum Gasteiger partial charge on any atom is -0.349 e. The van der Waals surface area contributed by atoms with E-state index in [1.807, 2.05) is 0 Å². The number of alkyl halides is 2. The quantitative estimate of drug-likeness (QED) is 0.663. The molecule has 5 heteroatoms. The molecule has 1 aliphatic heterocycles. The Bertz CT molecular complexity index is 212. The maximum atomic E-state index is 11.7. The summed E-state index contributed by atoms with van der Waals surface area (Å²) in [6.45, 7) is -0.535. The summed E-state index contributed by atoms with van der Waals surface area (Å²) in [6, 6.07) is 0.241. The molecule has 0 aromatic heterocycles. The van der Waals surface area contributed by atoms with Crippen LogP contribution >= 0.6 is 0 Å². The van der Waals surface area contributed by atoms with Gasteiger partial charge in [0.1, 0.15) is 0 Å². The van der Waals surface area contributed by atoms with Crippen LogP contribution in [0.2, 0.25) is 0 Å². The second-order valence-corrected chi connectivity index (χ2v) is 3.69. The highest BCUT2D eigenvalue weighted by molar-refractivity contribution is 5.82. The number of nitrogens with one attached hydrogen (secondary N) is 2. The first-order valence-electron chi connectivity index (χ1n) is 4.48. The Balaban J connectivity index is 1.71. The third-order valence-corrected chi connectivity index (χ3v) is 2.62. The van der Waals surface area contributed by atoms with Gasteiger partial charge in [-0.3, -0.25) is 4.79 Å². The fourth-order valence-electron chi connectivity index (χ4n) is 1.83. The molecule has 3 atom stereocenters. The van der Waals surface area contributed by atoms with Crippen LogP contribution in [0.5, 0.6) is 0 Å². The van der Waals surface area contributed by atoms with E-state index in [9.17, 15) is 13.6 Å². The van der Waals surface area contributed by atoms with Gasteiger partial charge in [0, 0.05) is 6.04 Å². The number of hydrogen-bond acceptors (Lipinski definition) is 2. The minimum absolute atomic E-state index is 0.234. The van der Waals surface area contributed by atoms with Crippen molar-refractivity contribution in [3.05, 3.63) is 0 Å². The molecule has 1 amide bonds. The van der Waals surface area contributed by atoms with Crippen LogP contribution in [0.3, 0.4) is 0 Å². The molecule has 0 radical (unpaired) electrons. The molecule has 13 heavy (non-hydrogen) atoms. The molecular formula is C8H12F2N2O. The van der Waals surface area contributed by atoms with Crippen LogP contribution in [-0.4, -0.2) is 31.0 Å². The lowest BCUT2D eigenvalue weighted by Gasteiger charge is -2.12. The summed E-state index contributed by atoms with van der Waals surface area (Å²) in [5, 5.41) is 5.31. The summed E-state index contributed by atoms with van der Waals surface area (Å²) >= 11 is 0. The lowest BCUT2D eigenvalue weighted by Crippen LogP contribution is -2.43. The van der Waals surface area contributed by atoms with Gasteiger partial charge in [0.05, 0.1) is 12.6 Å². The van der Waals surface area contributed by atoms with Crippen molar-refractivity contribution in [1.82, 2.24) is 10.6 Å². The maximum absolute atomic E-state index is 11.7. The number of fused-ring (bicyclic) bond motifs is 1. The van der Waals surface area contributed by atoms with Crippen LogP contribution < -0.4 is 10.6 Å². The smallest absolute Gasteiger partial charge is 0.255 e. The topological polar surface area (TPSA) is 41.1 Å². The molecule has 1 saturated heterocycles. The Labute approximate surface area is 74.9 Å². The van der Waals surface area contributed by atoms with Gasteiger partial charge in [-0.1, -0.05) is 0 Å². The van der Waals surface area contributed by atoms with Crippen molar-refractivity contribution in [2.45, 2.75) is 31.4 Å². The number of halogens is 2. The SMILES string of the molecule is O=C(NCC(F)F)[C@@H]1C[C@H]2C[C@H]2N1. The summed E-state index contributed by atoms with van der Waals surface area (Å²) in [7, 11) is 0. The predicted octanol–water partition coefficient (Wildman–Crippen LogP) is 0.118. The number of amides is 1. The van der Waals surface area contributed by atoms with Crippen LogP contribution in [0.4, 0.5) is 8.78 Å². The molecule has 2 rings (SSSR count). The largest absolute Gasteiger partial charge is 0.349 e. The Morgan fingerprint density at radius 3 is 2.85 bits per heavy atom. The average molecular weight is 190 g/mol. The number of carbonyl (C=O) groups is 1. The van der Waals surface area contributed by atoms with Crippen LogP contribution in [0, 0.1) is 5.92 Å². The monoisotopic (exact) mass is 190 g/mol. The lowest BCUT2D eigenvalue weighted by molar-refractivity contribution is -0.123. The second-order valence-electron chi connectivity index (χ2n) is 3.69. The fourth-order valence-corrected chi connectivity index (χ4v) is 1.83. The zero-order chi connectivity index (χ0) is 9.42. The van der Waals surface area contributed by atoms with Crippen LogP contribution in [-0.2, 0) is 4.79 Å². The molecule has 1 heterocycles. The summed E-state index contributed by atoms with van der Waals surface area (Å²) < 4.78 is 23.5. The van der Waals surface area contributed by atoms with E-state index >= 15 is 0 Å². The summed E-state index contributed by atoms with van der Waals surface area (Å²) in [5.41, 5.74) is 0. The highest BCUT2D eigenvalue weighted by Crippen LogP contribution is 2.40. The number of rotatable bonds is 3. The molecule has 0 aromatic carbocycles. The zero-order valence-corrected chi connectivity index (χ0v) is 7.09. The Morgan fingerprint density at radius 2 is 2.31 bits per heavy atom. The van der Waals surface area contributed by atoms with E-state index in [2.05, 4.69) is 10.6 Å². The van der Waals surface area contributed by atoms with E-state index in [-0.39, 0.29) is 11.9 Å². The Kier molecular flexibility index (Phi) is 2.19. The first kappa shape index (κ1) is 8.87. The van der Waals surface area contributed by atoms with Crippen LogP contribution in [0.1, 0.15) is 12.8 Å². The molecule has 0 aromatic rings. The average Bonchev–Trinajstić information content (AvgIpc) is 2.69. The molecule has 3 nitrogen and oxygen atoms in total. The maximum Gasteiger partial charge on any atom is 0.255 e. The molecule has 2 N–H and O–H groups in total. The zero-order valence-electron chi connectivity index (χ0n) is 7.09. The van der Waals surface area contributed by atoms with Crippen LogP contribution in [0.25, 0.3) is 0 Å². The molecule has 0 unspecified atom stereocenters. The third kappa shape index (κ3) is 1.96. The summed E-state index contributed by atoms with van der Waals surface area (Å²) in [6.07, 6.45) is -0.516. The number of hydrogen-bond donors (Lipinski definition) is 2. The van der Waals surface area contributed by atoms with Crippen molar-refractivity contribution in [2.75, 3.05) is 6.54 Å². The first-order chi connectivity index (χ1) is 6.16. The van der Waals surface area contributed by atoms with E-state index in [1.54, 1.807) is 0 Å². The standard InChI is InChI=1S/C8H12F2N2O/c9-7(10)3-11-8(13)6-2-4-1-5(4)12-6/h4-7,12H,1-3H2,(H,11,13)/t4-,5-,6+/m1/s1. The van der Waals surface area contributed by atoms with Crippen molar-refractivity contribution in [1.29, 1.82) is 0 Å². The third-order valence-electron chi connectivity index (χ3n) is 2.62. The van der Waals surface area contributed by atoms with Crippen molar-refractivity contribution < 1.29 is 13.6 Å². The Morgan fingerprint density at radius 1 is 1.54 bits per heavy atom. The van der Waals surface area contributed by atoms with Crippen molar-refractivity contribution >= 4 is 5.91 Å². The predicted molar refractivity (Wildman–Crippen MR) is 42.4 cm³/mol. The molecule has 1 aliphatic carbocycles. The fraction of sp³-hybridized carbons (Fsp3) is 0.875. The second kappa shape index (κ2) is 3.21. The summed E-state index contributed by atoms with van der Waals surface area (Å²) in [5.74, 6) is 0.329. The number of carbonyl (C=O) groups excluding carboxylic acids is 1. The van der Waals surface area contributed by atoms with Gasteiger partial charge in [-0.15, -0.1) is 0 Å². The highest BCUT2D eigenvalue weighted by Gasteiger charge is 2.47. The van der Waals surface area contributed by atoms with E-state index in [0.29, 0.717) is 12.0 Å². The van der Waals surface area contributed by atoms with Gasteiger partial charge in [0.15, 0.2) is 0 Å². The van der Waals surface area contributed by atoms with Crippen molar-refractivity contribution in [2.24, 2.45) is 5.92 Å². The van der Waals surface area contributed by atoms with E-state index < -0.39 is 13.0 Å². The molecule has 0 bridgehead atoms. The van der Waals surface area contributed by atoms with E-state index in [4.69, 9.17) is 0 Å². The molecule has 2 aliphatic rings. The first-order valence-corrected chi connectivity index (χ1v) is 4.48. The van der Waals surface area contributed by atoms with Gasteiger partial charge in [0.2, 0.25) is 5.91 Å². The van der Waals surface area contributed by atoms with Crippen LogP contribution in [0.15, 0.2) is 0 Å². The molecular weight excluding hydrogens is 178 g/mol. The lowest BCUT2D eigenvalue weighted by atomic mass is 10.2. The minimum atomic E-state index is -2.46. The molecule has 0 spiro atoms.